The van der Waals surface area contributed by atoms with E-state index >= 15 is 0 Å². The van der Waals surface area contributed by atoms with E-state index in [0.717, 1.165) is 28.2 Å². The number of nitrogens with zero attached hydrogens (tertiary/aromatic N) is 1. The third kappa shape index (κ3) is 5.87. The first-order valence-corrected chi connectivity index (χ1v) is 15.5. The summed E-state index contributed by atoms with van der Waals surface area (Å²) in [6.45, 7) is 17.5. The Morgan fingerprint density at radius 2 is 1.61 bits per heavy atom. The zero-order valence-corrected chi connectivity index (χ0v) is 24.4. The van der Waals surface area contributed by atoms with E-state index in [-0.39, 0.29) is 5.78 Å². The summed E-state index contributed by atoms with van der Waals surface area (Å²) in [4.78, 5) is 15.3. The largest absolute Gasteiger partial charge is 0.543 e. The molecule has 0 bridgehead atoms. The number of Topliss-reactive ketones (excluding diaryl/α,β-unsaturated/α-hetero) is 1. The number of ether oxygens (including phenoxy) is 1. The minimum absolute atomic E-state index is 0.108. The lowest BCUT2D eigenvalue weighted by atomic mass is 9.84. The predicted molar refractivity (Wildman–Crippen MR) is 150 cm³/mol. The van der Waals surface area contributed by atoms with Crippen LogP contribution in [0.3, 0.4) is 0 Å². The van der Waals surface area contributed by atoms with Gasteiger partial charge in [-0.1, -0.05) is 53.7 Å². The molecule has 1 N–H and O–H groups in total. The predicted octanol–water partition coefficient (Wildman–Crippen LogP) is 6.72. The Bertz CT molecular complexity index is 1020. The van der Waals surface area contributed by atoms with E-state index in [1.165, 1.54) is 0 Å². The van der Waals surface area contributed by atoms with E-state index in [1.54, 1.807) is 7.11 Å². The number of ketones is 1. The lowest BCUT2D eigenvalue weighted by Crippen LogP contribution is -2.50. The van der Waals surface area contributed by atoms with Crippen molar-refractivity contribution in [1.29, 1.82) is 0 Å². The molecule has 1 saturated heterocycles. The number of carbonyl (C=O) groups excluding carboxylic acids is 1. The molecule has 0 amide bonds. The van der Waals surface area contributed by atoms with Crippen LogP contribution in [0.15, 0.2) is 42.5 Å². The molecule has 5 nitrogen and oxygen atoms in total. The molecular formula is C30H45NO4Si. The average molecular weight is 512 g/mol. The zero-order valence-electron chi connectivity index (χ0n) is 23.4. The van der Waals surface area contributed by atoms with E-state index in [9.17, 15) is 9.90 Å². The molecule has 0 saturated carbocycles. The number of likely N-dealkylation sites (tertiary alicyclic amines) is 1. The first kappa shape index (κ1) is 28.4. The van der Waals surface area contributed by atoms with Crippen molar-refractivity contribution >= 4 is 14.1 Å². The molecular weight excluding hydrogens is 466 g/mol. The Labute approximate surface area is 218 Å². The van der Waals surface area contributed by atoms with Gasteiger partial charge in [0.15, 0.2) is 5.78 Å². The third-order valence-electron chi connectivity index (χ3n) is 8.15. The van der Waals surface area contributed by atoms with Crippen molar-refractivity contribution in [2.75, 3.05) is 26.7 Å². The fraction of sp³-hybridized carbons (Fsp3) is 0.567. The maximum atomic E-state index is 13.1. The van der Waals surface area contributed by atoms with Crippen LogP contribution in [0, 0.1) is 6.92 Å². The van der Waals surface area contributed by atoms with Gasteiger partial charge < -0.3 is 14.3 Å². The van der Waals surface area contributed by atoms with Gasteiger partial charge in [-0.15, -0.1) is 0 Å². The van der Waals surface area contributed by atoms with Gasteiger partial charge >= 0.3 is 0 Å². The van der Waals surface area contributed by atoms with Gasteiger partial charge in [-0.05, 0) is 77.8 Å². The summed E-state index contributed by atoms with van der Waals surface area (Å²) in [5, 5.41) is 11.2. The van der Waals surface area contributed by atoms with Crippen LogP contribution in [0.2, 0.25) is 16.6 Å². The summed E-state index contributed by atoms with van der Waals surface area (Å²) in [5.41, 5.74) is 3.21. The summed E-state index contributed by atoms with van der Waals surface area (Å²) in [6, 6.07) is 13.5. The van der Waals surface area contributed by atoms with Crippen LogP contribution in [0.25, 0.3) is 0 Å². The van der Waals surface area contributed by atoms with Gasteiger partial charge in [0, 0.05) is 18.7 Å². The highest BCUT2D eigenvalue weighted by molar-refractivity contribution is 6.78. The number of rotatable bonds is 10. The Morgan fingerprint density at radius 1 is 1.00 bits per heavy atom. The van der Waals surface area contributed by atoms with E-state index in [4.69, 9.17) is 9.16 Å². The second-order valence-electron chi connectivity index (χ2n) is 11.4. The number of hydrogen-bond acceptors (Lipinski definition) is 5. The second-order valence-corrected chi connectivity index (χ2v) is 16.7. The SMILES string of the molecule is COc1cccc(C2(O)CCN(CC(=O)c3ccc(O[Si](C(C)C)(C(C)C)C(C)C)c(C)c3)CC2)c1. The van der Waals surface area contributed by atoms with Crippen LogP contribution in [-0.4, -0.2) is 50.9 Å². The van der Waals surface area contributed by atoms with Crippen molar-refractivity contribution in [1.82, 2.24) is 4.90 Å². The molecule has 1 aliphatic heterocycles. The lowest BCUT2D eigenvalue weighted by Gasteiger charge is -2.42. The summed E-state index contributed by atoms with van der Waals surface area (Å²) in [5.74, 6) is 1.77. The molecule has 1 aliphatic rings. The fourth-order valence-corrected chi connectivity index (χ4v) is 11.4. The van der Waals surface area contributed by atoms with Crippen molar-refractivity contribution in [2.24, 2.45) is 0 Å². The third-order valence-corrected chi connectivity index (χ3v) is 14.1. The Hall–Kier alpha value is -2.15. The molecule has 6 heteroatoms. The molecule has 0 aliphatic carbocycles. The van der Waals surface area contributed by atoms with Gasteiger partial charge in [-0.3, -0.25) is 9.69 Å². The van der Waals surface area contributed by atoms with Crippen molar-refractivity contribution < 1.29 is 19.1 Å². The van der Waals surface area contributed by atoms with Gasteiger partial charge in [-0.25, -0.2) is 0 Å². The maximum absolute atomic E-state index is 13.1. The van der Waals surface area contributed by atoms with Crippen LogP contribution in [0.1, 0.15) is 75.9 Å². The molecule has 1 fully saturated rings. The first-order chi connectivity index (χ1) is 16.9. The topological polar surface area (TPSA) is 59.0 Å². The number of aryl methyl sites for hydroxylation is 1. The van der Waals surface area contributed by atoms with Crippen molar-refractivity contribution in [3.63, 3.8) is 0 Å². The summed E-state index contributed by atoms with van der Waals surface area (Å²) in [6.07, 6.45) is 1.18. The van der Waals surface area contributed by atoms with Gasteiger partial charge in [0.05, 0.1) is 19.3 Å². The zero-order chi connectivity index (χ0) is 26.7. The molecule has 0 aromatic heterocycles. The molecule has 3 rings (SSSR count). The van der Waals surface area contributed by atoms with Crippen LogP contribution in [0.4, 0.5) is 0 Å². The molecule has 0 unspecified atom stereocenters. The van der Waals surface area contributed by atoms with Crippen molar-refractivity contribution in [2.45, 2.75) is 83.5 Å². The van der Waals surface area contributed by atoms with Gasteiger partial charge in [0.2, 0.25) is 0 Å². The van der Waals surface area contributed by atoms with Crippen LogP contribution >= 0.6 is 0 Å². The van der Waals surface area contributed by atoms with Crippen LogP contribution in [0.5, 0.6) is 11.5 Å². The minimum atomic E-state index is -2.05. The smallest absolute Gasteiger partial charge is 0.258 e. The highest BCUT2D eigenvalue weighted by Crippen LogP contribution is 2.43. The maximum Gasteiger partial charge on any atom is 0.258 e. The molecule has 0 atom stereocenters. The van der Waals surface area contributed by atoms with E-state index in [1.807, 2.05) is 49.4 Å². The standard InChI is InChI=1S/C30H45NO4Si/c1-21(2)36(22(3)4,23(5)6)35-29-13-12-25(18-24(29)7)28(32)20-31-16-14-30(33,15-17-31)26-10-9-11-27(19-26)34-8/h9-13,18-19,21-23,33H,14-17,20H2,1-8H3. The molecule has 36 heavy (non-hydrogen) atoms. The molecule has 0 radical (unpaired) electrons. The summed E-state index contributed by atoms with van der Waals surface area (Å²) < 4.78 is 12.2. The highest BCUT2D eigenvalue weighted by atomic mass is 28.4. The second kappa shape index (κ2) is 11.5. The molecule has 198 valence electrons. The number of aliphatic hydroxyl groups is 1. The van der Waals surface area contributed by atoms with Crippen LogP contribution in [-0.2, 0) is 5.60 Å². The normalized spacial score (nSPS) is 16.6. The Kier molecular flexibility index (Phi) is 9.07. The van der Waals surface area contributed by atoms with E-state index in [0.29, 0.717) is 49.1 Å². The van der Waals surface area contributed by atoms with Gasteiger partial charge in [-0.2, -0.15) is 0 Å². The Morgan fingerprint density at radius 3 is 2.14 bits per heavy atom. The number of piperidine rings is 1. The molecule has 2 aromatic rings. The molecule has 1 heterocycles. The number of benzene rings is 2. The average Bonchev–Trinajstić information content (AvgIpc) is 2.84. The van der Waals surface area contributed by atoms with Crippen molar-refractivity contribution in [3.8, 4) is 11.5 Å². The van der Waals surface area contributed by atoms with Crippen molar-refractivity contribution in [3.05, 3.63) is 59.2 Å². The fourth-order valence-electron chi connectivity index (χ4n) is 6.06. The number of methoxy groups -OCH3 is 1. The van der Waals surface area contributed by atoms with Gasteiger partial charge in [0.25, 0.3) is 8.32 Å². The van der Waals surface area contributed by atoms with E-state index < -0.39 is 13.9 Å². The number of hydrogen-bond donors (Lipinski definition) is 1. The monoisotopic (exact) mass is 511 g/mol. The molecule has 0 spiro atoms. The molecule has 2 aromatic carbocycles. The summed E-state index contributed by atoms with van der Waals surface area (Å²) in [7, 11) is -0.418. The number of carbonyl (C=O) groups is 1. The van der Waals surface area contributed by atoms with Gasteiger partial charge in [0.1, 0.15) is 11.5 Å². The van der Waals surface area contributed by atoms with Crippen LogP contribution < -0.4 is 9.16 Å². The lowest BCUT2D eigenvalue weighted by molar-refractivity contribution is -0.0246. The highest BCUT2D eigenvalue weighted by Gasteiger charge is 2.47. The quantitative estimate of drug-likeness (QED) is 0.283. The van der Waals surface area contributed by atoms with E-state index in [2.05, 4.69) is 46.4 Å². The first-order valence-electron chi connectivity index (χ1n) is 13.3. The minimum Gasteiger partial charge on any atom is -0.543 e. The summed E-state index contributed by atoms with van der Waals surface area (Å²) >= 11 is 0. The Balaban J connectivity index is 1.66.